The predicted octanol–water partition coefficient (Wildman–Crippen LogP) is 4.45. The van der Waals surface area contributed by atoms with Crippen molar-refractivity contribution in [3.63, 3.8) is 0 Å². The highest BCUT2D eigenvalue weighted by Gasteiger charge is 2.24. The molecule has 3 N–H and O–H groups in total. The number of hydrogen-bond donors (Lipinski definition) is 3. The molecule has 174 valence electrons. The second-order valence-corrected chi connectivity index (χ2v) is 9.68. The molecule has 7 nitrogen and oxygen atoms in total. The summed E-state index contributed by atoms with van der Waals surface area (Å²) in [5.74, 6) is -0.0369. The zero-order valence-corrected chi connectivity index (χ0v) is 19.7. The maximum Gasteiger partial charge on any atom is 0.251 e. The van der Waals surface area contributed by atoms with E-state index in [1.807, 2.05) is 47.0 Å². The number of fused-ring (bicyclic) bond motifs is 1. The van der Waals surface area contributed by atoms with E-state index in [0.29, 0.717) is 23.8 Å². The van der Waals surface area contributed by atoms with Gasteiger partial charge in [-0.2, -0.15) is 5.10 Å². The molecule has 1 aliphatic carbocycles. The largest absolute Gasteiger partial charge is 0.389 e. The molecule has 2 heterocycles. The van der Waals surface area contributed by atoms with Gasteiger partial charge in [-0.1, -0.05) is 35.9 Å². The minimum Gasteiger partial charge on any atom is -0.389 e. The first-order valence-electron chi connectivity index (χ1n) is 11.6. The number of anilines is 1. The third-order valence-corrected chi connectivity index (χ3v) is 5.85. The van der Waals surface area contributed by atoms with Gasteiger partial charge in [0, 0.05) is 29.3 Å². The number of aryl methyl sites for hydroxylation is 1. The number of aromatic nitrogens is 3. The fraction of sp³-hybridized carbons (Fsp3) is 0.296. The summed E-state index contributed by atoms with van der Waals surface area (Å²) in [5, 5.41) is 21.5. The van der Waals surface area contributed by atoms with Crippen LogP contribution in [0.15, 0.2) is 60.8 Å². The number of carbonyl (C=O) groups excluding carboxylic acids is 1. The molecule has 1 aliphatic rings. The van der Waals surface area contributed by atoms with E-state index >= 15 is 0 Å². The van der Waals surface area contributed by atoms with Gasteiger partial charge >= 0.3 is 0 Å². The van der Waals surface area contributed by atoms with E-state index in [1.54, 1.807) is 20.0 Å². The molecule has 0 spiro atoms. The van der Waals surface area contributed by atoms with Gasteiger partial charge in [-0.3, -0.25) is 4.79 Å². The maximum absolute atomic E-state index is 12.4. The molecule has 5 rings (SSSR count). The highest BCUT2D eigenvalue weighted by Crippen LogP contribution is 2.29. The van der Waals surface area contributed by atoms with Gasteiger partial charge in [0.2, 0.25) is 0 Å². The molecule has 34 heavy (non-hydrogen) atoms. The lowest BCUT2D eigenvalue weighted by atomic mass is 10.1. The molecule has 1 amide bonds. The van der Waals surface area contributed by atoms with Gasteiger partial charge in [0.05, 0.1) is 28.9 Å². The molecule has 1 saturated carbocycles. The molecule has 2 aromatic carbocycles. The number of rotatable bonds is 7. The number of imidazole rings is 1. The zero-order chi connectivity index (χ0) is 23.9. The maximum atomic E-state index is 12.4. The van der Waals surface area contributed by atoms with Gasteiger partial charge in [-0.25, -0.2) is 9.50 Å². The Morgan fingerprint density at radius 2 is 1.88 bits per heavy atom. The van der Waals surface area contributed by atoms with Gasteiger partial charge in [0.15, 0.2) is 5.65 Å². The van der Waals surface area contributed by atoms with Crippen molar-refractivity contribution in [1.82, 2.24) is 19.9 Å². The smallest absolute Gasteiger partial charge is 0.251 e. The van der Waals surface area contributed by atoms with Crippen molar-refractivity contribution in [2.24, 2.45) is 0 Å². The second-order valence-electron chi connectivity index (χ2n) is 9.68. The van der Waals surface area contributed by atoms with Crippen molar-refractivity contribution in [2.75, 3.05) is 11.9 Å². The Morgan fingerprint density at radius 3 is 2.56 bits per heavy atom. The summed E-state index contributed by atoms with van der Waals surface area (Å²) in [7, 11) is 0. The van der Waals surface area contributed by atoms with E-state index in [1.165, 1.54) is 0 Å². The van der Waals surface area contributed by atoms with Crippen LogP contribution >= 0.6 is 0 Å². The molecule has 1 fully saturated rings. The van der Waals surface area contributed by atoms with E-state index in [9.17, 15) is 9.90 Å². The Bertz CT molecular complexity index is 1350. The van der Waals surface area contributed by atoms with Crippen LogP contribution in [0.5, 0.6) is 0 Å². The summed E-state index contributed by atoms with van der Waals surface area (Å²) in [5.41, 5.74) is 5.92. The Hall–Kier alpha value is -3.71. The van der Waals surface area contributed by atoms with Crippen LogP contribution in [0, 0.1) is 6.92 Å². The molecule has 0 bridgehead atoms. The lowest BCUT2D eigenvalue weighted by Gasteiger charge is -2.19. The number of aliphatic hydroxyl groups is 1. The minimum absolute atomic E-state index is 0.0369. The van der Waals surface area contributed by atoms with Gasteiger partial charge in [-0.05, 0) is 57.9 Å². The first kappa shape index (κ1) is 22.1. The van der Waals surface area contributed by atoms with E-state index < -0.39 is 5.60 Å². The minimum atomic E-state index is -0.879. The molecule has 0 unspecified atom stereocenters. The average molecular weight is 456 g/mol. The lowest BCUT2D eigenvalue weighted by molar-refractivity contribution is 0.0940. The van der Waals surface area contributed by atoms with Gasteiger partial charge < -0.3 is 15.7 Å². The van der Waals surface area contributed by atoms with Crippen LogP contribution in [0.25, 0.3) is 28.2 Å². The summed E-state index contributed by atoms with van der Waals surface area (Å²) >= 11 is 0. The number of benzene rings is 2. The highest BCUT2D eigenvalue weighted by molar-refractivity contribution is 5.95. The van der Waals surface area contributed by atoms with Crippen LogP contribution in [0.4, 0.5) is 5.69 Å². The summed E-state index contributed by atoms with van der Waals surface area (Å²) in [6, 6.07) is 18.0. The van der Waals surface area contributed by atoms with Crippen molar-refractivity contribution < 1.29 is 9.90 Å². The summed E-state index contributed by atoms with van der Waals surface area (Å²) in [6.45, 7) is 5.95. The molecule has 0 atom stereocenters. The predicted molar refractivity (Wildman–Crippen MR) is 134 cm³/mol. The number of nitrogens with zero attached hydrogens (tertiary/aromatic N) is 3. The Balaban J connectivity index is 1.56. The first-order valence-corrected chi connectivity index (χ1v) is 11.6. The third kappa shape index (κ3) is 4.79. The number of nitrogens with one attached hydrogen (secondary N) is 2. The van der Waals surface area contributed by atoms with Crippen molar-refractivity contribution >= 4 is 17.2 Å². The standard InChI is InChI=1S/C27H29N5O2/c1-17-5-4-6-20(13-17)22-14-23(29-16-27(2,3)34)25-28-15-24(32(25)31-22)18-7-9-19(10-8-18)26(33)30-21-11-12-21/h4-10,13-15,21,29,34H,11-12,16H2,1-3H3,(H,30,33). The Kier molecular flexibility index (Phi) is 5.57. The summed E-state index contributed by atoms with van der Waals surface area (Å²) in [4.78, 5) is 17.0. The first-order chi connectivity index (χ1) is 16.3. The van der Waals surface area contributed by atoms with Crippen molar-refractivity contribution in [2.45, 2.75) is 45.3 Å². The van der Waals surface area contributed by atoms with Crippen molar-refractivity contribution in [3.8, 4) is 22.5 Å². The fourth-order valence-electron chi connectivity index (χ4n) is 3.84. The van der Waals surface area contributed by atoms with E-state index in [4.69, 9.17) is 5.10 Å². The molecule has 7 heteroatoms. The Morgan fingerprint density at radius 1 is 1.12 bits per heavy atom. The molecule has 0 aliphatic heterocycles. The van der Waals surface area contributed by atoms with Crippen molar-refractivity contribution in [3.05, 3.63) is 71.9 Å². The fourth-order valence-corrected chi connectivity index (χ4v) is 3.84. The van der Waals surface area contributed by atoms with E-state index in [2.05, 4.69) is 34.7 Å². The molecule has 0 radical (unpaired) electrons. The van der Waals surface area contributed by atoms with Crippen LogP contribution in [-0.2, 0) is 0 Å². The average Bonchev–Trinajstić information content (AvgIpc) is 3.52. The molecular weight excluding hydrogens is 426 g/mol. The van der Waals surface area contributed by atoms with Gasteiger partial charge in [-0.15, -0.1) is 0 Å². The lowest BCUT2D eigenvalue weighted by Crippen LogP contribution is -2.29. The van der Waals surface area contributed by atoms with Crippen LogP contribution < -0.4 is 10.6 Å². The SMILES string of the molecule is Cc1cccc(-c2cc(NCC(C)(C)O)c3ncc(-c4ccc(C(=O)NC5CC5)cc4)n3n2)c1. The number of amides is 1. The normalized spacial score (nSPS) is 13.8. The topological polar surface area (TPSA) is 91.5 Å². The van der Waals surface area contributed by atoms with E-state index in [0.717, 1.165) is 46.6 Å². The zero-order valence-electron chi connectivity index (χ0n) is 19.7. The van der Waals surface area contributed by atoms with Crippen molar-refractivity contribution in [1.29, 1.82) is 0 Å². The molecule has 2 aromatic heterocycles. The molecule has 0 saturated heterocycles. The Labute approximate surface area is 198 Å². The summed E-state index contributed by atoms with van der Waals surface area (Å²) in [6.07, 6.45) is 3.91. The van der Waals surface area contributed by atoms with Gasteiger partial charge in [0.1, 0.15) is 0 Å². The third-order valence-electron chi connectivity index (χ3n) is 5.85. The van der Waals surface area contributed by atoms with Crippen LogP contribution in [0.3, 0.4) is 0 Å². The van der Waals surface area contributed by atoms with Crippen LogP contribution in [0.1, 0.15) is 42.6 Å². The van der Waals surface area contributed by atoms with Crippen LogP contribution in [0.2, 0.25) is 0 Å². The monoisotopic (exact) mass is 455 g/mol. The highest BCUT2D eigenvalue weighted by atomic mass is 16.3. The molecule has 4 aromatic rings. The molecular formula is C27H29N5O2. The second kappa shape index (κ2) is 8.57. The summed E-state index contributed by atoms with van der Waals surface area (Å²) < 4.78 is 1.82. The number of hydrogen-bond acceptors (Lipinski definition) is 5. The quantitative estimate of drug-likeness (QED) is 0.383. The van der Waals surface area contributed by atoms with Gasteiger partial charge in [0.25, 0.3) is 5.91 Å². The van der Waals surface area contributed by atoms with Crippen LogP contribution in [-0.4, -0.2) is 43.8 Å². The number of carbonyl (C=O) groups is 1. The van der Waals surface area contributed by atoms with E-state index in [-0.39, 0.29) is 5.91 Å².